The third kappa shape index (κ3) is 4.61. The van der Waals surface area contributed by atoms with Crippen molar-refractivity contribution >= 4 is 63.6 Å². The molecule has 0 heterocycles. The molecule has 0 aromatic heterocycles. The normalized spacial score (nSPS) is 14.8. The van der Waals surface area contributed by atoms with Crippen LogP contribution in [0.5, 0.6) is 11.5 Å². The van der Waals surface area contributed by atoms with Gasteiger partial charge in [0.25, 0.3) is 0 Å². The van der Waals surface area contributed by atoms with Crippen LogP contribution in [0.25, 0.3) is 0 Å². The second kappa shape index (κ2) is 9.56. The highest BCUT2D eigenvalue weighted by molar-refractivity contribution is 6.64. The fourth-order valence-electron chi connectivity index (χ4n) is 2.91. The topological polar surface area (TPSA) is 68.2 Å². The second-order valence-electron chi connectivity index (χ2n) is 6.34. The van der Waals surface area contributed by atoms with Crippen LogP contribution in [0.3, 0.4) is 0 Å². The third-order valence-corrected chi connectivity index (χ3v) is 5.62. The number of carbonyl (C=O) groups excluding carboxylic acids is 2. The van der Waals surface area contributed by atoms with E-state index in [0.29, 0.717) is 28.7 Å². The van der Waals surface area contributed by atoms with Gasteiger partial charge in [0.05, 0.1) is 19.9 Å². The van der Waals surface area contributed by atoms with Crippen LogP contribution in [0.2, 0.25) is 0 Å². The molecule has 2 aromatic rings. The molecule has 0 aliphatic heterocycles. The fourth-order valence-corrected chi connectivity index (χ4v) is 3.58. The summed E-state index contributed by atoms with van der Waals surface area (Å²) in [6.45, 7) is 1.68. The van der Waals surface area contributed by atoms with E-state index < -0.39 is 21.6 Å². The summed E-state index contributed by atoms with van der Waals surface area (Å²) in [4.78, 5) is 31.5. The zero-order valence-electron chi connectivity index (χ0n) is 16.8. The Morgan fingerprint density at radius 1 is 0.774 bits per heavy atom. The molecular weight excluding hydrogens is 463 g/mol. The largest absolute Gasteiger partial charge is 0.497 e. The molecular formula is C22H17Cl3N2O4. The smallest absolute Gasteiger partial charge is 0.224 e. The Morgan fingerprint density at radius 2 is 1.26 bits per heavy atom. The molecule has 0 fully saturated rings. The Labute approximate surface area is 194 Å². The van der Waals surface area contributed by atoms with E-state index in [1.54, 1.807) is 69.7 Å². The van der Waals surface area contributed by atoms with Gasteiger partial charge in [-0.25, -0.2) is 4.99 Å². The quantitative estimate of drug-likeness (QED) is 0.319. The van der Waals surface area contributed by atoms with Gasteiger partial charge in [0, 0.05) is 5.69 Å². The number of hydrogen-bond acceptors (Lipinski definition) is 5. The van der Waals surface area contributed by atoms with Gasteiger partial charge in [0.1, 0.15) is 38.1 Å². The SMILES string of the molecule is COc1ccc(N=C(C)N(C2=C(Cl)C(=O)C(Cl)=C(Cl)C2=O)c2ccc(OC)cc2)cc1. The highest BCUT2D eigenvalue weighted by Crippen LogP contribution is 2.36. The van der Waals surface area contributed by atoms with Gasteiger partial charge in [-0.15, -0.1) is 0 Å². The number of allylic oxidation sites excluding steroid dienone is 3. The number of amidine groups is 1. The van der Waals surface area contributed by atoms with Gasteiger partial charge in [-0.1, -0.05) is 34.8 Å². The minimum Gasteiger partial charge on any atom is -0.497 e. The highest BCUT2D eigenvalue weighted by Gasteiger charge is 2.37. The number of halogens is 3. The molecule has 1 aliphatic rings. The van der Waals surface area contributed by atoms with Gasteiger partial charge in [-0.3, -0.25) is 14.5 Å². The van der Waals surface area contributed by atoms with Crippen molar-refractivity contribution < 1.29 is 19.1 Å². The van der Waals surface area contributed by atoms with E-state index in [4.69, 9.17) is 44.3 Å². The molecule has 31 heavy (non-hydrogen) atoms. The molecule has 0 spiro atoms. The van der Waals surface area contributed by atoms with Gasteiger partial charge in [-0.2, -0.15) is 0 Å². The van der Waals surface area contributed by atoms with Crippen LogP contribution in [0, 0.1) is 0 Å². The lowest BCUT2D eigenvalue weighted by Crippen LogP contribution is -2.36. The number of methoxy groups -OCH3 is 2. The lowest BCUT2D eigenvalue weighted by Gasteiger charge is -2.29. The molecule has 3 rings (SSSR count). The molecule has 0 N–H and O–H groups in total. The first-order chi connectivity index (χ1) is 14.8. The number of aliphatic imine (C=N–C) groups is 1. The zero-order valence-corrected chi connectivity index (χ0v) is 19.0. The Hall–Kier alpha value is -2.80. The van der Waals surface area contributed by atoms with Gasteiger partial charge < -0.3 is 9.47 Å². The number of rotatable bonds is 5. The van der Waals surface area contributed by atoms with Crippen LogP contribution in [0.1, 0.15) is 6.92 Å². The second-order valence-corrected chi connectivity index (χ2v) is 7.47. The summed E-state index contributed by atoms with van der Waals surface area (Å²) in [5, 5.41) is -1.17. The van der Waals surface area contributed by atoms with E-state index in [-0.39, 0.29) is 10.7 Å². The molecule has 160 valence electrons. The van der Waals surface area contributed by atoms with Crippen molar-refractivity contribution in [2.75, 3.05) is 19.1 Å². The maximum atomic E-state index is 13.0. The molecule has 2 aromatic carbocycles. The Balaban J connectivity index is 2.16. The summed E-state index contributed by atoms with van der Waals surface area (Å²) < 4.78 is 10.4. The summed E-state index contributed by atoms with van der Waals surface area (Å²) in [6.07, 6.45) is 0. The molecule has 0 saturated carbocycles. The number of hydrogen-bond donors (Lipinski definition) is 0. The van der Waals surface area contributed by atoms with E-state index in [0.717, 1.165) is 0 Å². The first-order valence-electron chi connectivity index (χ1n) is 8.96. The lowest BCUT2D eigenvalue weighted by atomic mass is 10.1. The molecule has 0 atom stereocenters. The number of anilines is 1. The molecule has 1 aliphatic carbocycles. The lowest BCUT2D eigenvalue weighted by molar-refractivity contribution is -0.115. The monoisotopic (exact) mass is 478 g/mol. The molecule has 6 nitrogen and oxygen atoms in total. The number of nitrogens with zero attached hydrogens (tertiary/aromatic N) is 2. The maximum Gasteiger partial charge on any atom is 0.224 e. The maximum absolute atomic E-state index is 13.0. The first-order valence-corrected chi connectivity index (χ1v) is 10.1. The van der Waals surface area contributed by atoms with Crippen molar-refractivity contribution in [1.29, 1.82) is 0 Å². The van der Waals surface area contributed by atoms with Crippen LogP contribution in [0.15, 0.2) is 74.3 Å². The van der Waals surface area contributed by atoms with Crippen molar-refractivity contribution in [2.45, 2.75) is 6.92 Å². The third-order valence-electron chi connectivity index (χ3n) is 4.45. The van der Waals surface area contributed by atoms with Crippen LogP contribution in [-0.4, -0.2) is 31.6 Å². The van der Waals surface area contributed by atoms with E-state index in [2.05, 4.69) is 4.99 Å². The van der Waals surface area contributed by atoms with E-state index in [1.807, 2.05) is 0 Å². The minimum absolute atomic E-state index is 0.138. The Morgan fingerprint density at radius 3 is 1.77 bits per heavy atom. The highest BCUT2D eigenvalue weighted by atomic mass is 35.5. The van der Waals surface area contributed by atoms with Crippen LogP contribution < -0.4 is 14.4 Å². The van der Waals surface area contributed by atoms with E-state index in [1.165, 1.54) is 4.90 Å². The van der Waals surface area contributed by atoms with Crippen molar-refractivity contribution in [3.8, 4) is 11.5 Å². The molecule has 0 bridgehead atoms. The van der Waals surface area contributed by atoms with Gasteiger partial charge >= 0.3 is 0 Å². The van der Waals surface area contributed by atoms with Crippen molar-refractivity contribution in [3.05, 3.63) is 69.3 Å². The average Bonchev–Trinajstić information content (AvgIpc) is 2.79. The van der Waals surface area contributed by atoms with Crippen LogP contribution in [0.4, 0.5) is 11.4 Å². The number of benzene rings is 2. The summed E-state index contributed by atoms with van der Waals surface area (Å²) in [5.74, 6) is 0.233. The Kier molecular flexibility index (Phi) is 7.05. The summed E-state index contributed by atoms with van der Waals surface area (Å²) >= 11 is 18.2. The summed E-state index contributed by atoms with van der Waals surface area (Å²) in [7, 11) is 3.11. The fraction of sp³-hybridized carbons (Fsp3) is 0.136. The van der Waals surface area contributed by atoms with Crippen molar-refractivity contribution in [1.82, 2.24) is 0 Å². The van der Waals surface area contributed by atoms with Crippen molar-refractivity contribution in [2.24, 2.45) is 4.99 Å². The minimum atomic E-state index is -0.737. The van der Waals surface area contributed by atoms with Crippen molar-refractivity contribution in [3.63, 3.8) is 0 Å². The zero-order chi connectivity index (χ0) is 22.7. The number of carbonyl (C=O) groups is 2. The van der Waals surface area contributed by atoms with E-state index >= 15 is 0 Å². The van der Waals surface area contributed by atoms with Gasteiger partial charge in [-0.05, 0) is 55.5 Å². The standard InChI is InChI=1S/C22H17Cl3N2O4/c1-12(26-13-4-8-15(30-2)9-5-13)27(14-6-10-16(31-3)11-7-14)20-19(25)21(28)17(23)18(24)22(20)29/h4-11H,1-3H3. The number of Topliss-reactive ketones (excluding diaryl/α,β-unsaturated/α-hetero) is 2. The molecule has 0 saturated heterocycles. The molecule has 0 radical (unpaired) electrons. The average molecular weight is 480 g/mol. The summed E-state index contributed by atoms with van der Waals surface area (Å²) in [5.41, 5.74) is 0.983. The molecule has 0 unspecified atom stereocenters. The number of ether oxygens (including phenoxy) is 2. The predicted octanol–water partition coefficient (Wildman–Crippen LogP) is 5.55. The van der Waals surface area contributed by atoms with Gasteiger partial charge in [0.15, 0.2) is 0 Å². The number of ketones is 2. The Bertz CT molecular complexity index is 1120. The van der Waals surface area contributed by atoms with Crippen LogP contribution >= 0.6 is 34.8 Å². The first kappa shape index (κ1) is 22.9. The van der Waals surface area contributed by atoms with Crippen LogP contribution in [-0.2, 0) is 9.59 Å². The molecule has 9 heteroatoms. The van der Waals surface area contributed by atoms with E-state index in [9.17, 15) is 9.59 Å². The predicted molar refractivity (Wildman–Crippen MR) is 123 cm³/mol. The molecule has 0 amide bonds. The van der Waals surface area contributed by atoms with Gasteiger partial charge in [0.2, 0.25) is 11.6 Å². The summed E-state index contributed by atoms with van der Waals surface area (Å²) in [6, 6.07) is 13.8.